The summed E-state index contributed by atoms with van der Waals surface area (Å²) in [7, 11) is 0. The molecule has 130 valence electrons. The van der Waals surface area contributed by atoms with E-state index in [1.807, 2.05) is 44.2 Å². The minimum Gasteiger partial charge on any atom is -0.491 e. The third-order valence-corrected chi connectivity index (χ3v) is 3.45. The van der Waals surface area contributed by atoms with Crippen molar-refractivity contribution >= 4 is 5.82 Å². The number of aliphatic hydroxyl groups excluding tert-OH is 1. The molecule has 0 unspecified atom stereocenters. The molecular weight excluding hydrogens is 318 g/mol. The monoisotopic (exact) mass is 339 g/mol. The number of rotatable bonds is 7. The predicted molar refractivity (Wildman–Crippen MR) is 94.8 cm³/mol. The first-order valence-corrected chi connectivity index (χ1v) is 8.12. The number of hydrogen-bond acceptors (Lipinski definition) is 6. The number of anilines is 1. The van der Waals surface area contributed by atoms with E-state index in [1.54, 1.807) is 29.5 Å². The topological polar surface area (TPSA) is 85.1 Å². The molecule has 0 amide bonds. The van der Waals surface area contributed by atoms with Crippen molar-refractivity contribution in [3.05, 3.63) is 60.7 Å². The Kier molecular flexibility index (Phi) is 5.25. The van der Waals surface area contributed by atoms with E-state index in [0.29, 0.717) is 18.2 Å². The molecule has 1 aromatic carbocycles. The molecule has 3 aromatic rings. The van der Waals surface area contributed by atoms with Crippen LogP contribution >= 0.6 is 0 Å². The summed E-state index contributed by atoms with van der Waals surface area (Å²) in [6, 6.07) is 9.28. The lowest BCUT2D eigenvalue weighted by molar-refractivity contribution is 0.189. The van der Waals surface area contributed by atoms with E-state index in [1.165, 1.54) is 0 Å². The van der Waals surface area contributed by atoms with E-state index in [-0.39, 0.29) is 6.10 Å². The van der Waals surface area contributed by atoms with E-state index in [2.05, 4.69) is 20.4 Å². The quantitative estimate of drug-likeness (QED) is 0.688. The van der Waals surface area contributed by atoms with Gasteiger partial charge in [-0.05, 0) is 37.6 Å². The standard InChI is InChI=1S/C18H21N5O2/c1-13(2)25-15-6-3-5-14(9-15)16(24)10-20-17-11-19-12-18(22-17)23-8-4-7-21-23/h3-9,11-13,16,24H,10H2,1-2H3,(H,20,22)/t16-/m1/s1. The van der Waals surface area contributed by atoms with Gasteiger partial charge in [-0.15, -0.1) is 0 Å². The van der Waals surface area contributed by atoms with Crippen molar-refractivity contribution in [1.82, 2.24) is 19.7 Å². The van der Waals surface area contributed by atoms with Gasteiger partial charge in [0.25, 0.3) is 0 Å². The van der Waals surface area contributed by atoms with Crippen LogP contribution in [0.1, 0.15) is 25.5 Å². The Hall–Kier alpha value is -2.93. The molecular formula is C18H21N5O2. The minimum absolute atomic E-state index is 0.0887. The fraction of sp³-hybridized carbons (Fsp3) is 0.278. The van der Waals surface area contributed by atoms with Gasteiger partial charge < -0.3 is 15.2 Å². The van der Waals surface area contributed by atoms with Crippen molar-refractivity contribution in [3.8, 4) is 11.6 Å². The van der Waals surface area contributed by atoms with Gasteiger partial charge in [-0.1, -0.05) is 12.1 Å². The van der Waals surface area contributed by atoms with E-state index < -0.39 is 6.10 Å². The first-order valence-electron chi connectivity index (χ1n) is 8.12. The number of nitrogens with one attached hydrogen (secondary N) is 1. The van der Waals surface area contributed by atoms with Crippen molar-refractivity contribution in [2.24, 2.45) is 0 Å². The molecule has 2 aromatic heterocycles. The minimum atomic E-state index is -0.689. The van der Waals surface area contributed by atoms with E-state index in [9.17, 15) is 5.11 Å². The third-order valence-electron chi connectivity index (χ3n) is 3.45. The lowest BCUT2D eigenvalue weighted by atomic mass is 10.1. The summed E-state index contributed by atoms with van der Waals surface area (Å²) in [6.45, 7) is 4.24. The highest BCUT2D eigenvalue weighted by Crippen LogP contribution is 2.20. The van der Waals surface area contributed by atoms with Gasteiger partial charge in [-0.2, -0.15) is 5.10 Å². The Morgan fingerprint density at radius 2 is 2.12 bits per heavy atom. The SMILES string of the molecule is CC(C)Oc1cccc([C@H](O)CNc2cncc(-n3cccn3)n2)c1. The lowest BCUT2D eigenvalue weighted by Gasteiger charge is -2.15. The van der Waals surface area contributed by atoms with Crippen LogP contribution in [0.25, 0.3) is 5.82 Å². The summed E-state index contributed by atoms with van der Waals surface area (Å²) < 4.78 is 7.29. The number of aliphatic hydroxyl groups is 1. The molecule has 0 aliphatic heterocycles. The van der Waals surface area contributed by atoms with Crippen molar-refractivity contribution in [3.63, 3.8) is 0 Å². The van der Waals surface area contributed by atoms with Gasteiger partial charge in [0, 0.05) is 18.9 Å². The predicted octanol–water partition coefficient (Wildman–Crippen LogP) is 2.60. The molecule has 0 radical (unpaired) electrons. The summed E-state index contributed by atoms with van der Waals surface area (Å²) in [5.41, 5.74) is 0.779. The molecule has 2 N–H and O–H groups in total. The Morgan fingerprint density at radius 1 is 1.24 bits per heavy atom. The maximum Gasteiger partial charge on any atom is 0.173 e. The Morgan fingerprint density at radius 3 is 2.88 bits per heavy atom. The molecule has 3 rings (SSSR count). The number of aromatic nitrogens is 4. The number of benzene rings is 1. The first-order chi connectivity index (χ1) is 12.1. The second-order valence-electron chi connectivity index (χ2n) is 5.85. The smallest absolute Gasteiger partial charge is 0.173 e. The van der Waals surface area contributed by atoms with Crippen molar-refractivity contribution in [2.75, 3.05) is 11.9 Å². The van der Waals surface area contributed by atoms with Gasteiger partial charge in [0.05, 0.1) is 24.6 Å². The molecule has 0 saturated carbocycles. The number of nitrogens with zero attached hydrogens (tertiary/aromatic N) is 4. The summed E-state index contributed by atoms with van der Waals surface area (Å²) in [5, 5.41) is 17.6. The number of ether oxygens (including phenoxy) is 1. The van der Waals surface area contributed by atoms with Crippen LogP contribution in [0.4, 0.5) is 5.82 Å². The van der Waals surface area contributed by atoms with Crippen LogP contribution in [-0.4, -0.2) is 37.5 Å². The Bertz CT molecular complexity index is 805. The average molecular weight is 339 g/mol. The third kappa shape index (κ3) is 4.54. The molecule has 25 heavy (non-hydrogen) atoms. The zero-order chi connectivity index (χ0) is 17.6. The van der Waals surface area contributed by atoms with Crippen LogP contribution < -0.4 is 10.1 Å². The summed E-state index contributed by atoms with van der Waals surface area (Å²) in [4.78, 5) is 8.58. The van der Waals surface area contributed by atoms with E-state index >= 15 is 0 Å². The first kappa shape index (κ1) is 16.9. The largest absolute Gasteiger partial charge is 0.491 e. The maximum atomic E-state index is 10.4. The summed E-state index contributed by atoms with van der Waals surface area (Å²) >= 11 is 0. The molecule has 2 heterocycles. The zero-order valence-corrected chi connectivity index (χ0v) is 14.2. The summed E-state index contributed by atoms with van der Waals surface area (Å²) in [6.07, 6.45) is 6.11. The maximum absolute atomic E-state index is 10.4. The van der Waals surface area contributed by atoms with Gasteiger partial charge in [0.15, 0.2) is 5.82 Å². The van der Waals surface area contributed by atoms with E-state index in [4.69, 9.17) is 4.74 Å². The van der Waals surface area contributed by atoms with Gasteiger partial charge in [0.2, 0.25) is 0 Å². The van der Waals surface area contributed by atoms with Crippen LogP contribution in [0.3, 0.4) is 0 Å². The highest BCUT2D eigenvalue weighted by molar-refractivity contribution is 5.37. The molecule has 7 heteroatoms. The molecule has 0 fully saturated rings. The Balaban J connectivity index is 1.64. The van der Waals surface area contributed by atoms with Crippen LogP contribution in [0.15, 0.2) is 55.1 Å². The van der Waals surface area contributed by atoms with Crippen molar-refractivity contribution < 1.29 is 9.84 Å². The zero-order valence-electron chi connectivity index (χ0n) is 14.2. The Labute approximate surface area is 146 Å². The molecule has 0 aliphatic carbocycles. The van der Waals surface area contributed by atoms with E-state index in [0.717, 1.165) is 11.3 Å². The second kappa shape index (κ2) is 7.76. The highest BCUT2D eigenvalue weighted by atomic mass is 16.5. The normalized spacial score (nSPS) is 12.2. The number of hydrogen-bond donors (Lipinski definition) is 2. The fourth-order valence-corrected chi connectivity index (χ4v) is 2.34. The van der Waals surface area contributed by atoms with Crippen LogP contribution in [0, 0.1) is 0 Å². The van der Waals surface area contributed by atoms with Crippen molar-refractivity contribution in [2.45, 2.75) is 26.1 Å². The molecule has 0 spiro atoms. The molecule has 1 atom stereocenters. The average Bonchev–Trinajstić information content (AvgIpc) is 3.14. The van der Waals surface area contributed by atoms with Crippen LogP contribution in [0.2, 0.25) is 0 Å². The van der Waals surface area contributed by atoms with Crippen molar-refractivity contribution in [1.29, 1.82) is 0 Å². The fourth-order valence-electron chi connectivity index (χ4n) is 2.34. The second-order valence-corrected chi connectivity index (χ2v) is 5.85. The van der Waals surface area contributed by atoms with Crippen LogP contribution in [0.5, 0.6) is 5.75 Å². The highest BCUT2D eigenvalue weighted by Gasteiger charge is 2.10. The molecule has 0 saturated heterocycles. The lowest BCUT2D eigenvalue weighted by Crippen LogP contribution is -2.14. The molecule has 0 bridgehead atoms. The molecule has 0 aliphatic rings. The van der Waals surface area contributed by atoms with Gasteiger partial charge >= 0.3 is 0 Å². The van der Waals surface area contributed by atoms with Crippen LogP contribution in [-0.2, 0) is 0 Å². The van der Waals surface area contributed by atoms with Gasteiger partial charge in [0.1, 0.15) is 11.6 Å². The molecule has 7 nitrogen and oxygen atoms in total. The van der Waals surface area contributed by atoms with Gasteiger partial charge in [-0.3, -0.25) is 4.98 Å². The van der Waals surface area contributed by atoms with Gasteiger partial charge in [-0.25, -0.2) is 9.67 Å². The summed E-state index contributed by atoms with van der Waals surface area (Å²) in [5.74, 6) is 1.92.